The Balaban J connectivity index is 1.62. The molecular formula is C29H48O5. The van der Waals surface area contributed by atoms with Gasteiger partial charge in [0, 0.05) is 0 Å². The van der Waals surface area contributed by atoms with E-state index in [1.54, 1.807) is 0 Å². The smallest absolute Gasteiger partial charge is 0.102 e. The topological polar surface area (TPSA) is 101 Å². The van der Waals surface area contributed by atoms with E-state index < -0.39 is 24.4 Å². The molecule has 4 rings (SSSR count). The van der Waals surface area contributed by atoms with Crippen molar-refractivity contribution in [3.05, 3.63) is 22.8 Å². The second-order valence-corrected chi connectivity index (χ2v) is 12.8. The maximum Gasteiger partial charge on any atom is 0.102 e. The minimum absolute atomic E-state index is 0.0711. The van der Waals surface area contributed by atoms with Gasteiger partial charge in [-0.1, -0.05) is 51.8 Å². The first-order valence-corrected chi connectivity index (χ1v) is 13.7. The van der Waals surface area contributed by atoms with E-state index in [0.29, 0.717) is 24.7 Å². The molecule has 0 spiro atoms. The highest BCUT2D eigenvalue weighted by atomic mass is 16.3. The van der Waals surface area contributed by atoms with Crippen molar-refractivity contribution >= 4 is 0 Å². The normalized spacial score (nSPS) is 45.7. The van der Waals surface area contributed by atoms with Gasteiger partial charge < -0.3 is 25.5 Å². The van der Waals surface area contributed by atoms with Gasteiger partial charge in [-0.2, -0.15) is 0 Å². The lowest BCUT2D eigenvalue weighted by Crippen LogP contribution is -2.56. The van der Waals surface area contributed by atoms with Gasteiger partial charge >= 0.3 is 0 Å². The van der Waals surface area contributed by atoms with Gasteiger partial charge in [0.25, 0.3) is 0 Å². The lowest BCUT2D eigenvalue weighted by Gasteiger charge is -2.57. The monoisotopic (exact) mass is 476 g/mol. The van der Waals surface area contributed by atoms with E-state index in [1.807, 2.05) is 6.08 Å². The Morgan fingerprint density at radius 1 is 1.06 bits per heavy atom. The molecule has 4 aliphatic carbocycles. The zero-order valence-corrected chi connectivity index (χ0v) is 21.9. The zero-order valence-electron chi connectivity index (χ0n) is 21.9. The Morgan fingerprint density at radius 2 is 1.76 bits per heavy atom. The Kier molecular flexibility index (Phi) is 7.46. The number of hydrogen-bond donors (Lipinski definition) is 5. The van der Waals surface area contributed by atoms with Gasteiger partial charge in [0.2, 0.25) is 0 Å². The highest BCUT2D eigenvalue weighted by molar-refractivity contribution is 5.39. The number of hydrogen-bond acceptors (Lipinski definition) is 5. The highest BCUT2D eigenvalue weighted by Crippen LogP contribution is 2.66. The molecule has 0 saturated heterocycles. The van der Waals surface area contributed by atoms with E-state index in [2.05, 4.69) is 34.6 Å². The van der Waals surface area contributed by atoms with E-state index >= 15 is 0 Å². The molecular weight excluding hydrogens is 428 g/mol. The molecule has 5 N–H and O–H groups in total. The van der Waals surface area contributed by atoms with Crippen LogP contribution in [-0.4, -0.2) is 56.6 Å². The van der Waals surface area contributed by atoms with E-state index in [9.17, 15) is 25.5 Å². The summed E-state index contributed by atoms with van der Waals surface area (Å²) in [5, 5.41) is 53.6. The molecule has 4 aliphatic rings. The molecule has 2 saturated carbocycles. The first kappa shape index (κ1) is 26.3. The summed E-state index contributed by atoms with van der Waals surface area (Å²) in [6.07, 6.45) is 5.99. The summed E-state index contributed by atoms with van der Waals surface area (Å²) >= 11 is 0. The van der Waals surface area contributed by atoms with Crippen LogP contribution < -0.4 is 0 Å². The van der Waals surface area contributed by atoms with Gasteiger partial charge in [-0.3, -0.25) is 0 Å². The van der Waals surface area contributed by atoms with Crippen LogP contribution in [0.3, 0.4) is 0 Å². The predicted molar refractivity (Wildman–Crippen MR) is 134 cm³/mol. The largest absolute Gasteiger partial charge is 0.393 e. The van der Waals surface area contributed by atoms with Gasteiger partial charge in [0.1, 0.15) is 6.10 Å². The molecule has 5 nitrogen and oxygen atoms in total. The molecule has 0 amide bonds. The predicted octanol–water partition coefficient (Wildman–Crippen LogP) is 3.97. The third kappa shape index (κ3) is 4.14. The van der Waals surface area contributed by atoms with Crippen molar-refractivity contribution in [2.45, 2.75) is 110 Å². The SMILES string of the molecule is CC(C)C(=CCO)CC[C@@H](C)[C@H]1[C@@H](O)C[C@H]2C3=C(CC[C@]12C)[C@@]1(C)CC[C@H](O)C[C@H]1[C@H](O)[C@H]3O. The van der Waals surface area contributed by atoms with E-state index in [-0.39, 0.29) is 35.2 Å². The number of aliphatic hydroxyl groups is 5. The highest BCUT2D eigenvalue weighted by Gasteiger charge is 2.62. The molecule has 10 atom stereocenters. The van der Waals surface area contributed by atoms with Crippen molar-refractivity contribution in [3.8, 4) is 0 Å². The standard InChI is InChI=1S/C29H48O5/c1-16(2)18(10-13-30)7-6-17(3)25-23(32)15-21-24-20(9-12-29(21,25)5)28(4)11-8-19(31)14-22(28)26(33)27(24)34/h10,16-17,19,21-23,25-27,30-34H,6-9,11-15H2,1-5H3/t17-,19+,21+,22+,23+,25+,26+,27+,28-,29+/m1/s1. The van der Waals surface area contributed by atoms with Gasteiger partial charge in [0.05, 0.1) is 24.9 Å². The second kappa shape index (κ2) is 9.63. The molecule has 0 aromatic carbocycles. The number of rotatable bonds is 6. The molecule has 0 radical (unpaired) electrons. The van der Waals surface area contributed by atoms with Crippen LogP contribution >= 0.6 is 0 Å². The van der Waals surface area contributed by atoms with Gasteiger partial charge in [-0.15, -0.1) is 0 Å². The van der Waals surface area contributed by atoms with Crippen LogP contribution in [0.25, 0.3) is 0 Å². The molecule has 0 aromatic heterocycles. The Morgan fingerprint density at radius 3 is 2.41 bits per heavy atom. The number of allylic oxidation sites excluding steroid dienone is 2. The fraction of sp³-hybridized carbons (Fsp3) is 0.862. The number of fused-ring (bicyclic) bond motifs is 4. The summed E-state index contributed by atoms with van der Waals surface area (Å²) in [5.41, 5.74) is 3.34. The van der Waals surface area contributed by atoms with Crippen LogP contribution in [0.2, 0.25) is 0 Å². The first-order chi connectivity index (χ1) is 16.0. The minimum atomic E-state index is -0.899. The molecule has 194 valence electrons. The summed E-state index contributed by atoms with van der Waals surface area (Å²) < 4.78 is 0. The summed E-state index contributed by atoms with van der Waals surface area (Å²) in [6.45, 7) is 11.2. The molecule has 0 aromatic rings. The lowest BCUT2D eigenvalue weighted by atomic mass is 9.49. The van der Waals surface area contributed by atoms with Crippen molar-refractivity contribution in [1.82, 2.24) is 0 Å². The van der Waals surface area contributed by atoms with Crippen LogP contribution in [0.5, 0.6) is 0 Å². The van der Waals surface area contributed by atoms with Gasteiger partial charge in [-0.05, 0) is 97.4 Å². The average molecular weight is 477 g/mol. The van der Waals surface area contributed by atoms with Gasteiger partial charge in [0.15, 0.2) is 0 Å². The second-order valence-electron chi connectivity index (χ2n) is 12.8. The van der Waals surface area contributed by atoms with Gasteiger partial charge in [-0.25, -0.2) is 0 Å². The number of aliphatic hydroxyl groups excluding tert-OH is 5. The Hall–Kier alpha value is -0.720. The van der Waals surface area contributed by atoms with Crippen LogP contribution in [0.4, 0.5) is 0 Å². The molecule has 2 fully saturated rings. The summed E-state index contributed by atoms with van der Waals surface area (Å²) in [6, 6.07) is 0. The Bertz CT molecular complexity index is 817. The molecule has 0 bridgehead atoms. The average Bonchev–Trinajstić information content (AvgIpc) is 3.05. The molecule has 0 heterocycles. The van der Waals surface area contributed by atoms with Crippen molar-refractivity contribution in [2.24, 2.45) is 40.4 Å². The first-order valence-electron chi connectivity index (χ1n) is 13.7. The summed E-state index contributed by atoms with van der Waals surface area (Å²) in [7, 11) is 0. The third-order valence-corrected chi connectivity index (χ3v) is 10.8. The quantitative estimate of drug-likeness (QED) is 0.374. The van der Waals surface area contributed by atoms with E-state index in [0.717, 1.165) is 44.1 Å². The van der Waals surface area contributed by atoms with Crippen LogP contribution in [0.15, 0.2) is 22.8 Å². The molecule has 0 aliphatic heterocycles. The maximum absolute atomic E-state index is 11.4. The zero-order chi connectivity index (χ0) is 25.0. The third-order valence-electron chi connectivity index (χ3n) is 10.8. The fourth-order valence-corrected chi connectivity index (χ4v) is 8.87. The summed E-state index contributed by atoms with van der Waals surface area (Å²) in [5.74, 6) is 0.859. The molecule has 5 heteroatoms. The Labute approximate surface area is 206 Å². The van der Waals surface area contributed by atoms with Crippen LogP contribution in [-0.2, 0) is 0 Å². The minimum Gasteiger partial charge on any atom is -0.393 e. The van der Waals surface area contributed by atoms with Crippen LogP contribution in [0, 0.1) is 40.4 Å². The van der Waals surface area contributed by atoms with Crippen molar-refractivity contribution in [1.29, 1.82) is 0 Å². The fourth-order valence-electron chi connectivity index (χ4n) is 8.87. The van der Waals surface area contributed by atoms with Crippen molar-refractivity contribution in [3.63, 3.8) is 0 Å². The van der Waals surface area contributed by atoms with Crippen LogP contribution in [0.1, 0.15) is 86.0 Å². The lowest BCUT2D eigenvalue weighted by molar-refractivity contribution is -0.0990. The summed E-state index contributed by atoms with van der Waals surface area (Å²) in [4.78, 5) is 0. The maximum atomic E-state index is 11.4. The molecule has 34 heavy (non-hydrogen) atoms. The van der Waals surface area contributed by atoms with Crippen molar-refractivity contribution in [2.75, 3.05) is 6.61 Å². The van der Waals surface area contributed by atoms with E-state index in [1.165, 1.54) is 11.1 Å². The van der Waals surface area contributed by atoms with Crippen molar-refractivity contribution < 1.29 is 25.5 Å². The van der Waals surface area contributed by atoms with E-state index in [4.69, 9.17) is 0 Å². The molecule has 0 unspecified atom stereocenters.